The largest absolute Gasteiger partial charge is 0.296 e. The maximum absolute atomic E-state index is 12.9. The van der Waals surface area contributed by atoms with Crippen molar-refractivity contribution in [2.75, 3.05) is 18.0 Å². The monoisotopic (exact) mass is 418 g/mol. The molecule has 3 heterocycles. The molecule has 2 aliphatic heterocycles. The van der Waals surface area contributed by atoms with Gasteiger partial charge in [0.2, 0.25) is 5.91 Å². The van der Waals surface area contributed by atoms with Crippen molar-refractivity contribution in [2.45, 2.75) is 83.2 Å². The topological polar surface area (TPSA) is 49.3 Å². The molecule has 1 aromatic carbocycles. The van der Waals surface area contributed by atoms with Gasteiger partial charge in [0.15, 0.2) is 0 Å². The van der Waals surface area contributed by atoms with Gasteiger partial charge in [0.25, 0.3) is 0 Å². The summed E-state index contributed by atoms with van der Waals surface area (Å²) in [6.45, 7) is 3.95. The molecule has 1 atom stereocenters. The molecule has 1 aromatic heterocycles. The second-order valence-electron chi connectivity index (χ2n) is 9.44. The number of likely N-dealkylation sites (tertiary alicyclic amines) is 1. The Morgan fingerprint density at radius 1 is 0.968 bits per heavy atom. The number of fused-ring (bicyclic) bond motifs is 1. The number of benzene rings is 1. The highest BCUT2D eigenvalue weighted by Crippen LogP contribution is 2.38. The summed E-state index contributed by atoms with van der Waals surface area (Å²) in [4.78, 5) is 27.7. The number of nitrogens with zero attached hydrogens (tertiary/aromatic N) is 4. The summed E-state index contributed by atoms with van der Waals surface area (Å²) in [7, 11) is 0. The minimum atomic E-state index is 0.198. The van der Waals surface area contributed by atoms with Crippen molar-refractivity contribution in [3.8, 4) is 0 Å². The van der Waals surface area contributed by atoms with Crippen LogP contribution in [-0.2, 0) is 17.6 Å². The van der Waals surface area contributed by atoms with Crippen LogP contribution >= 0.6 is 0 Å². The molecular weight excluding hydrogens is 384 g/mol. The second kappa shape index (κ2) is 9.07. The van der Waals surface area contributed by atoms with Gasteiger partial charge in [-0.05, 0) is 57.6 Å². The first-order valence-corrected chi connectivity index (χ1v) is 12.2. The van der Waals surface area contributed by atoms with Crippen molar-refractivity contribution < 1.29 is 4.79 Å². The van der Waals surface area contributed by atoms with Gasteiger partial charge in [-0.25, -0.2) is 9.97 Å². The van der Waals surface area contributed by atoms with Crippen LogP contribution in [0, 0.1) is 6.92 Å². The third kappa shape index (κ3) is 4.25. The summed E-state index contributed by atoms with van der Waals surface area (Å²) in [5, 5.41) is 0. The summed E-state index contributed by atoms with van der Waals surface area (Å²) >= 11 is 0. The van der Waals surface area contributed by atoms with E-state index in [1.54, 1.807) is 0 Å². The fourth-order valence-electron chi connectivity index (χ4n) is 5.77. The summed E-state index contributed by atoms with van der Waals surface area (Å²) in [6, 6.07) is 11.4. The molecule has 0 bridgehead atoms. The molecule has 1 unspecified atom stereocenters. The molecule has 1 saturated carbocycles. The van der Waals surface area contributed by atoms with Crippen LogP contribution in [0.3, 0.4) is 0 Å². The molecule has 0 spiro atoms. The highest BCUT2D eigenvalue weighted by molar-refractivity contribution is 5.95. The zero-order valence-electron chi connectivity index (χ0n) is 18.7. The third-order valence-electron chi connectivity index (χ3n) is 7.46. The van der Waals surface area contributed by atoms with E-state index < -0.39 is 0 Å². The number of piperidine rings is 1. The maximum Gasteiger partial charge on any atom is 0.228 e. The number of amides is 1. The lowest BCUT2D eigenvalue weighted by molar-refractivity contribution is -0.118. The van der Waals surface area contributed by atoms with E-state index in [1.807, 2.05) is 11.0 Å². The Morgan fingerprint density at radius 3 is 2.55 bits per heavy atom. The molecule has 31 heavy (non-hydrogen) atoms. The van der Waals surface area contributed by atoms with Crippen LogP contribution in [0.25, 0.3) is 0 Å². The Kier molecular flexibility index (Phi) is 6.04. The van der Waals surface area contributed by atoms with Gasteiger partial charge in [-0.15, -0.1) is 0 Å². The van der Waals surface area contributed by atoms with Gasteiger partial charge in [-0.2, -0.15) is 0 Å². The smallest absolute Gasteiger partial charge is 0.228 e. The molecule has 0 N–H and O–H groups in total. The van der Waals surface area contributed by atoms with Gasteiger partial charge in [-0.3, -0.25) is 14.6 Å². The Hall–Kier alpha value is -2.27. The average molecular weight is 419 g/mol. The van der Waals surface area contributed by atoms with Crippen molar-refractivity contribution in [1.29, 1.82) is 0 Å². The van der Waals surface area contributed by atoms with Crippen molar-refractivity contribution in [2.24, 2.45) is 0 Å². The predicted octanol–water partition coefficient (Wildman–Crippen LogP) is 4.78. The van der Waals surface area contributed by atoms with E-state index in [0.29, 0.717) is 25.0 Å². The fourth-order valence-corrected chi connectivity index (χ4v) is 5.77. The van der Waals surface area contributed by atoms with Crippen molar-refractivity contribution in [3.63, 3.8) is 0 Å². The number of hydrogen-bond acceptors (Lipinski definition) is 4. The van der Waals surface area contributed by atoms with Crippen LogP contribution in [-0.4, -0.2) is 39.9 Å². The maximum atomic E-state index is 12.9. The van der Waals surface area contributed by atoms with Gasteiger partial charge in [-0.1, -0.05) is 49.6 Å². The molecule has 5 nitrogen and oxygen atoms in total. The number of hydrogen-bond donors (Lipinski definition) is 0. The van der Waals surface area contributed by atoms with Gasteiger partial charge in [0.05, 0.1) is 6.04 Å². The molecule has 2 fully saturated rings. The van der Waals surface area contributed by atoms with Crippen molar-refractivity contribution >= 4 is 11.7 Å². The van der Waals surface area contributed by atoms with E-state index >= 15 is 0 Å². The minimum Gasteiger partial charge on any atom is -0.296 e. The van der Waals surface area contributed by atoms with Crippen LogP contribution in [0.1, 0.15) is 80.1 Å². The van der Waals surface area contributed by atoms with Gasteiger partial charge in [0.1, 0.15) is 11.6 Å². The molecule has 5 heteroatoms. The van der Waals surface area contributed by atoms with E-state index in [0.717, 1.165) is 43.1 Å². The summed E-state index contributed by atoms with van der Waals surface area (Å²) in [6.07, 6.45) is 11.1. The zero-order valence-corrected chi connectivity index (χ0v) is 18.7. The molecule has 1 aliphatic carbocycles. The summed E-state index contributed by atoms with van der Waals surface area (Å²) in [5.74, 6) is 2.03. The SMILES string of the molecule is Cc1nc(C2CCCCN2C2CCCC2)nc2c1CCC(=O)N2CCc1ccccc1. The van der Waals surface area contributed by atoms with E-state index in [9.17, 15) is 4.79 Å². The molecule has 5 rings (SSSR count). The van der Waals surface area contributed by atoms with Gasteiger partial charge >= 0.3 is 0 Å². The molecule has 164 valence electrons. The number of aromatic nitrogens is 2. The van der Waals surface area contributed by atoms with Crippen molar-refractivity contribution in [1.82, 2.24) is 14.9 Å². The Morgan fingerprint density at radius 2 is 1.74 bits per heavy atom. The zero-order chi connectivity index (χ0) is 21.2. The standard InChI is InChI=1S/C26H34N4O/c1-19-22-14-15-24(31)30(18-16-20-9-3-2-4-10-20)26(22)28-25(27-19)23-13-7-8-17-29(23)21-11-5-6-12-21/h2-4,9-10,21,23H,5-8,11-18H2,1H3. The quantitative estimate of drug-likeness (QED) is 0.701. The predicted molar refractivity (Wildman–Crippen MR) is 123 cm³/mol. The first kappa shape index (κ1) is 20.6. The van der Waals surface area contributed by atoms with E-state index in [2.05, 4.69) is 36.1 Å². The lowest BCUT2D eigenvalue weighted by Crippen LogP contribution is -2.42. The van der Waals surface area contributed by atoms with Gasteiger partial charge < -0.3 is 0 Å². The summed E-state index contributed by atoms with van der Waals surface area (Å²) in [5.41, 5.74) is 3.49. The molecule has 0 radical (unpaired) electrons. The van der Waals surface area contributed by atoms with E-state index in [4.69, 9.17) is 9.97 Å². The number of carbonyl (C=O) groups is 1. The molecule has 1 amide bonds. The molecule has 2 aromatic rings. The fraction of sp³-hybridized carbons (Fsp3) is 0.577. The molecule has 1 saturated heterocycles. The van der Waals surface area contributed by atoms with E-state index in [1.165, 1.54) is 49.7 Å². The lowest BCUT2D eigenvalue weighted by Gasteiger charge is -2.39. The highest BCUT2D eigenvalue weighted by atomic mass is 16.2. The van der Waals surface area contributed by atoms with Crippen LogP contribution in [0.2, 0.25) is 0 Å². The molecule has 3 aliphatic rings. The minimum absolute atomic E-state index is 0.198. The van der Waals surface area contributed by atoms with Crippen LogP contribution < -0.4 is 4.90 Å². The number of carbonyl (C=O) groups excluding carboxylic acids is 1. The first-order chi connectivity index (χ1) is 15.2. The number of aryl methyl sites for hydroxylation is 1. The second-order valence-corrected chi connectivity index (χ2v) is 9.44. The number of anilines is 1. The highest BCUT2D eigenvalue weighted by Gasteiger charge is 2.35. The molecular formula is C26H34N4O. The van der Waals surface area contributed by atoms with E-state index in [-0.39, 0.29) is 5.91 Å². The van der Waals surface area contributed by atoms with Crippen LogP contribution in [0.4, 0.5) is 5.82 Å². The van der Waals surface area contributed by atoms with Crippen molar-refractivity contribution in [3.05, 3.63) is 53.0 Å². The average Bonchev–Trinajstić information content (AvgIpc) is 3.34. The lowest BCUT2D eigenvalue weighted by atomic mass is 9.97. The Labute approximate surface area is 185 Å². The van der Waals surface area contributed by atoms with Crippen LogP contribution in [0.15, 0.2) is 30.3 Å². The number of rotatable bonds is 5. The normalized spacial score (nSPS) is 22.7. The third-order valence-corrected chi connectivity index (χ3v) is 7.46. The Balaban J connectivity index is 1.44. The van der Waals surface area contributed by atoms with Crippen LogP contribution in [0.5, 0.6) is 0 Å². The first-order valence-electron chi connectivity index (χ1n) is 12.2. The van der Waals surface area contributed by atoms with Gasteiger partial charge in [0, 0.05) is 30.3 Å². The summed E-state index contributed by atoms with van der Waals surface area (Å²) < 4.78 is 0. The Bertz CT molecular complexity index is 923.